The maximum Gasteiger partial charge on any atom is 0.305 e. The first kappa shape index (κ1) is 18.0. The number of nitrogens with one attached hydrogen (secondary N) is 1. The van der Waals surface area contributed by atoms with Crippen molar-refractivity contribution >= 4 is 17.7 Å². The van der Waals surface area contributed by atoms with Crippen molar-refractivity contribution in [2.24, 2.45) is 0 Å². The smallest absolute Gasteiger partial charge is 0.305 e. The summed E-state index contributed by atoms with van der Waals surface area (Å²) in [5, 5.41) is 11.8. The van der Waals surface area contributed by atoms with Gasteiger partial charge in [-0.3, -0.25) is 14.4 Å². The molecule has 0 unspecified atom stereocenters. The van der Waals surface area contributed by atoms with Crippen LogP contribution in [-0.4, -0.2) is 34.9 Å². The summed E-state index contributed by atoms with van der Waals surface area (Å²) in [6, 6.07) is 6.93. The van der Waals surface area contributed by atoms with Gasteiger partial charge in [-0.15, -0.1) is 0 Å². The van der Waals surface area contributed by atoms with Gasteiger partial charge in [0.2, 0.25) is 5.91 Å². The third kappa shape index (κ3) is 5.08. The molecule has 1 fully saturated rings. The highest BCUT2D eigenvalue weighted by molar-refractivity contribution is 5.94. The van der Waals surface area contributed by atoms with Crippen LogP contribution in [0, 0.1) is 0 Å². The Hall–Kier alpha value is -2.37. The lowest BCUT2D eigenvalue weighted by molar-refractivity contribution is -0.140. The molecule has 1 saturated carbocycles. The van der Waals surface area contributed by atoms with E-state index in [1.54, 1.807) is 24.3 Å². The maximum atomic E-state index is 12.0. The first-order valence-corrected chi connectivity index (χ1v) is 8.17. The van der Waals surface area contributed by atoms with Crippen molar-refractivity contribution in [3.63, 3.8) is 0 Å². The third-order valence-corrected chi connectivity index (χ3v) is 4.26. The number of carboxylic acids is 1. The number of hydrogen-bond acceptors (Lipinski definition) is 4. The van der Waals surface area contributed by atoms with E-state index in [1.165, 1.54) is 6.92 Å². The zero-order valence-electron chi connectivity index (χ0n) is 13.8. The van der Waals surface area contributed by atoms with Crippen molar-refractivity contribution in [2.45, 2.75) is 51.0 Å². The fourth-order valence-corrected chi connectivity index (χ4v) is 2.82. The normalized spacial score (nSPS) is 15.2. The molecule has 2 N–H and O–H groups in total. The second-order valence-corrected chi connectivity index (χ2v) is 6.29. The SMILES string of the molecule is CC(=O)c1cccc(OCCCC(=O)NC2(CC(=O)O)CCC2)c1. The van der Waals surface area contributed by atoms with Crippen LogP contribution in [-0.2, 0) is 9.59 Å². The van der Waals surface area contributed by atoms with Crippen LogP contribution in [0.1, 0.15) is 55.8 Å². The van der Waals surface area contributed by atoms with Gasteiger partial charge in [0, 0.05) is 12.0 Å². The van der Waals surface area contributed by atoms with Gasteiger partial charge in [-0.05, 0) is 44.7 Å². The molecule has 0 spiro atoms. The van der Waals surface area contributed by atoms with Crippen molar-refractivity contribution in [3.8, 4) is 5.75 Å². The molecule has 0 aromatic heterocycles. The minimum absolute atomic E-state index is 0.0208. The highest BCUT2D eigenvalue weighted by Crippen LogP contribution is 2.35. The number of Topliss-reactive ketones (excluding diaryl/α,β-unsaturated/α-hetero) is 1. The van der Waals surface area contributed by atoms with E-state index < -0.39 is 11.5 Å². The molecular weight excluding hydrogens is 310 g/mol. The summed E-state index contributed by atoms with van der Waals surface area (Å²) in [7, 11) is 0. The van der Waals surface area contributed by atoms with Crippen molar-refractivity contribution in [1.29, 1.82) is 0 Å². The first-order chi connectivity index (χ1) is 11.4. The van der Waals surface area contributed by atoms with Gasteiger partial charge in [0.15, 0.2) is 5.78 Å². The molecule has 6 heteroatoms. The molecule has 0 aliphatic heterocycles. The van der Waals surface area contributed by atoms with Gasteiger partial charge in [-0.1, -0.05) is 12.1 Å². The Morgan fingerprint density at radius 1 is 1.29 bits per heavy atom. The van der Waals surface area contributed by atoms with Gasteiger partial charge in [0.1, 0.15) is 5.75 Å². The van der Waals surface area contributed by atoms with E-state index >= 15 is 0 Å². The summed E-state index contributed by atoms with van der Waals surface area (Å²) in [6.07, 6.45) is 3.18. The summed E-state index contributed by atoms with van der Waals surface area (Å²) in [5.74, 6) is -0.450. The molecule has 1 amide bonds. The van der Waals surface area contributed by atoms with E-state index in [-0.39, 0.29) is 24.5 Å². The lowest BCUT2D eigenvalue weighted by atomic mass is 9.74. The second-order valence-electron chi connectivity index (χ2n) is 6.29. The van der Waals surface area contributed by atoms with E-state index in [9.17, 15) is 14.4 Å². The summed E-state index contributed by atoms with van der Waals surface area (Å²) in [5.41, 5.74) is 0.0328. The number of carbonyl (C=O) groups is 3. The Labute approximate surface area is 141 Å². The number of ketones is 1. The van der Waals surface area contributed by atoms with Gasteiger partial charge in [0.25, 0.3) is 0 Å². The van der Waals surface area contributed by atoms with Crippen LogP contribution in [0.5, 0.6) is 5.75 Å². The Kier molecular flexibility index (Phi) is 5.95. The lowest BCUT2D eigenvalue weighted by Gasteiger charge is -2.41. The molecule has 0 saturated heterocycles. The first-order valence-electron chi connectivity index (χ1n) is 8.17. The fourth-order valence-electron chi connectivity index (χ4n) is 2.82. The minimum atomic E-state index is -0.885. The Morgan fingerprint density at radius 2 is 2.04 bits per heavy atom. The van der Waals surface area contributed by atoms with Crippen molar-refractivity contribution in [1.82, 2.24) is 5.32 Å². The number of hydrogen-bond donors (Lipinski definition) is 2. The number of ether oxygens (including phenoxy) is 1. The fraction of sp³-hybridized carbons (Fsp3) is 0.500. The number of carbonyl (C=O) groups excluding carboxylic acids is 2. The molecule has 0 atom stereocenters. The van der Waals surface area contributed by atoms with E-state index in [0.29, 0.717) is 24.3 Å². The van der Waals surface area contributed by atoms with Gasteiger partial charge < -0.3 is 15.2 Å². The van der Waals surface area contributed by atoms with E-state index in [2.05, 4.69) is 5.32 Å². The number of aliphatic carboxylic acids is 1. The Morgan fingerprint density at radius 3 is 2.62 bits per heavy atom. The maximum absolute atomic E-state index is 12.0. The summed E-state index contributed by atoms with van der Waals surface area (Å²) in [6.45, 7) is 1.86. The molecule has 1 aromatic carbocycles. The molecule has 24 heavy (non-hydrogen) atoms. The monoisotopic (exact) mass is 333 g/mol. The summed E-state index contributed by atoms with van der Waals surface area (Å²) < 4.78 is 5.56. The minimum Gasteiger partial charge on any atom is -0.494 e. The average molecular weight is 333 g/mol. The molecule has 0 radical (unpaired) electrons. The zero-order chi connectivity index (χ0) is 17.6. The number of amides is 1. The standard InChI is InChI=1S/C18H23NO5/c1-13(20)14-5-2-6-15(11-14)24-10-3-7-16(21)19-18(8-4-9-18)12-17(22)23/h2,5-6,11H,3-4,7-10,12H2,1H3,(H,19,21)(H,22,23). The van der Waals surface area contributed by atoms with E-state index in [1.807, 2.05) is 0 Å². The highest BCUT2D eigenvalue weighted by atomic mass is 16.5. The molecule has 1 aliphatic carbocycles. The van der Waals surface area contributed by atoms with Crippen LogP contribution >= 0.6 is 0 Å². The number of benzene rings is 1. The van der Waals surface area contributed by atoms with Crippen molar-refractivity contribution < 1.29 is 24.2 Å². The Bertz CT molecular complexity index is 622. The zero-order valence-corrected chi connectivity index (χ0v) is 13.8. The van der Waals surface area contributed by atoms with Crippen LogP contribution in [0.3, 0.4) is 0 Å². The van der Waals surface area contributed by atoms with E-state index in [4.69, 9.17) is 9.84 Å². The van der Waals surface area contributed by atoms with Crippen LogP contribution < -0.4 is 10.1 Å². The predicted octanol–water partition coefficient (Wildman–Crippen LogP) is 2.56. The summed E-state index contributed by atoms with van der Waals surface area (Å²) >= 11 is 0. The number of rotatable bonds is 9. The van der Waals surface area contributed by atoms with Gasteiger partial charge in [0.05, 0.1) is 18.6 Å². The van der Waals surface area contributed by atoms with Crippen LogP contribution in [0.25, 0.3) is 0 Å². The van der Waals surface area contributed by atoms with E-state index in [0.717, 1.165) is 19.3 Å². The van der Waals surface area contributed by atoms with Gasteiger partial charge >= 0.3 is 5.97 Å². The molecule has 1 aromatic rings. The molecule has 0 heterocycles. The van der Waals surface area contributed by atoms with Gasteiger partial charge in [-0.25, -0.2) is 0 Å². The van der Waals surface area contributed by atoms with Crippen molar-refractivity contribution in [3.05, 3.63) is 29.8 Å². The lowest BCUT2D eigenvalue weighted by Crippen LogP contribution is -2.54. The Balaban J connectivity index is 1.72. The summed E-state index contributed by atoms with van der Waals surface area (Å²) in [4.78, 5) is 34.2. The topological polar surface area (TPSA) is 92.7 Å². The predicted molar refractivity (Wildman–Crippen MR) is 88.2 cm³/mol. The second kappa shape index (κ2) is 7.95. The molecule has 130 valence electrons. The molecule has 2 rings (SSSR count). The molecule has 0 bridgehead atoms. The quantitative estimate of drug-likeness (QED) is 0.535. The third-order valence-electron chi connectivity index (χ3n) is 4.26. The molecule has 1 aliphatic rings. The van der Waals surface area contributed by atoms with Crippen LogP contribution in [0.2, 0.25) is 0 Å². The average Bonchev–Trinajstić information content (AvgIpc) is 2.49. The highest BCUT2D eigenvalue weighted by Gasteiger charge is 2.40. The van der Waals surface area contributed by atoms with Crippen LogP contribution in [0.4, 0.5) is 0 Å². The molecule has 6 nitrogen and oxygen atoms in total. The van der Waals surface area contributed by atoms with Crippen molar-refractivity contribution in [2.75, 3.05) is 6.61 Å². The van der Waals surface area contributed by atoms with Gasteiger partial charge in [-0.2, -0.15) is 0 Å². The number of carboxylic acid groups (broad SMARTS) is 1. The molecular formula is C18H23NO5. The van der Waals surface area contributed by atoms with Crippen LogP contribution in [0.15, 0.2) is 24.3 Å². The largest absolute Gasteiger partial charge is 0.494 e.